The molecule has 7 amide bonds. The van der Waals surface area contributed by atoms with Crippen LogP contribution in [0.25, 0.3) is 0 Å². The highest BCUT2D eigenvalue weighted by Gasteiger charge is 2.42. The van der Waals surface area contributed by atoms with E-state index in [1.165, 1.54) is 23.6 Å². The summed E-state index contributed by atoms with van der Waals surface area (Å²) in [6.45, 7) is 4.38. The maximum Gasteiger partial charge on any atom is 0.326 e. The van der Waals surface area contributed by atoms with Crippen LogP contribution in [0, 0.1) is 0 Å². The molecule has 3 saturated heterocycles. The zero-order valence-corrected chi connectivity index (χ0v) is 33.8. The molecule has 12 N–H and O–H groups in total. The Morgan fingerprint density at radius 1 is 0.719 bits per heavy atom. The third-order valence-corrected chi connectivity index (χ3v) is 10.9. The fourth-order valence-corrected chi connectivity index (χ4v) is 7.54. The average Bonchev–Trinajstić information content (AvgIpc) is 3.97. The minimum Gasteiger partial charge on any atom is -0.480 e. The van der Waals surface area contributed by atoms with E-state index < -0.39 is 95.9 Å². The molecule has 57 heavy (non-hydrogen) atoms. The highest BCUT2D eigenvalue weighted by atomic mass is 32.1. The van der Waals surface area contributed by atoms with Gasteiger partial charge in [-0.25, -0.2) is 4.79 Å². The fraction of sp³-hybridized carbons (Fsp3) is 0.778. The molecular formula is C36H62N10O10S. The van der Waals surface area contributed by atoms with Gasteiger partial charge in [0.05, 0.1) is 12.1 Å². The number of aliphatic hydroxyl groups is 1. The number of likely N-dealkylation sites (tertiary alicyclic amines) is 2. The first-order chi connectivity index (χ1) is 27.1. The van der Waals surface area contributed by atoms with Crippen molar-refractivity contribution in [2.45, 2.75) is 139 Å². The SMILES string of the molecule is C[C@H](NC(=O)[C@H](CS)NC(=O)[C@H](CCCCN)NC(=O)[C@@H]1C[C@@H](O)CN1C(=O)[C@H](C)NC(=O)[C@@H]1CCCN1)C(=O)N1CCC[C@H]1C(=O)N[C@@H](CCCCN)C(=O)O. The number of nitrogens with two attached hydrogens (primary N) is 2. The number of carboxylic acids is 1. The Kier molecular flexibility index (Phi) is 19.4. The Morgan fingerprint density at radius 3 is 1.89 bits per heavy atom. The second-order valence-electron chi connectivity index (χ2n) is 15.0. The second kappa shape index (κ2) is 23.4. The van der Waals surface area contributed by atoms with Gasteiger partial charge in [0.1, 0.15) is 42.3 Å². The average molecular weight is 827 g/mol. The Bertz CT molecular complexity index is 1440. The monoisotopic (exact) mass is 826 g/mol. The van der Waals surface area contributed by atoms with Crippen molar-refractivity contribution in [1.29, 1.82) is 0 Å². The molecule has 0 aliphatic carbocycles. The molecule has 3 heterocycles. The summed E-state index contributed by atoms with van der Waals surface area (Å²) >= 11 is 4.23. The van der Waals surface area contributed by atoms with Crippen LogP contribution in [-0.2, 0) is 38.4 Å². The number of amides is 7. The van der Waals surface area contributed by atoms with Gasteiger partial charge in [-0.2, -0.15) is 12.6 Å². The summed E-state index contributed by atoms with van der Waals surface area (Å²) in [5.41, 5.74) is 11.2. The second-order valence-corrected chi connectivity index (χ2v) is 15.3. The third-order valence-electron chi connectivity index (χ3n) is 10.5. The standard InChI is InChI=1S/C36H62N10O10S/c1-20(34(53)45-16-8-12-27(45)32(51)43-25(36(55)56)10-4-6-14-38)41-31(50)26(19-57)44-30(49)24(9-3-5-13-37)42-33(52)28-17-22(47)18-46(28)35(54)21(2)40-29(48)23-11-7-15-39-23/h20-28,39,47,57H,3-19,37-38H2,1-2H3,(H,40,48)(H,41,50)(H,42,52)(H,43,51)(H,44,49)(H,55,56)/t20-,21-,22+,23-,24-,25-,26-,27-,28-/m0/s1. The normalized spacial score (nSPS) is 23.1. The quantitative estimate of drug-likeness (QED) is 0.0373. The van der Waals surface area contributed by atoms with E-state index in [2.05, 4.69) is 44.5 Å². The van der Waals surface area contributed by atoms with Gasteiger partial charge >= 0.3 is 5.97 Å². The van der Waals surface area contributed by atoms with E-state index in [4.69, 9.17) is 11.5 Å². The number of aliphatic carboxylic acids is 1. The summed E-state index contributed by atoms with van der Waals surface area (Å²) in [4.78, 5) is 108. The number of thiol groups is 1. The molecule has 9 atom stereocenters. The van der Waals surface area contributed by atoms with E-state index >= 15 is 0 Å². The number of rotatable bonds is 22. The Balaban J connectivity index is 1.63. The van der Waals surface area contributed by atoms with Crippen molar-refractivity contribution < 1.29 is 48.6 Å². The molecule has 322 valence electrons. The largest absolute Gasteiger partial charge is 0.480 e. The Morgan fingerprint density at radius 2 is 1.30 bits per heavy atom. The molecule has 3 aliphatic heterocycles. The van der Waals surface area contributed by atoms with Crippen LogP contribution in [0.2, 0.25) is 0 Å². The van der Waals surface area contributed by atoms with Crippen LogP contribution < -0.4 is 43.4 Å². The number of β-amino-alcohol motifs (C(OH)–C–C–N with tert-alkyl or cyclic N) is 1. The van der Waals surface area contributed by atoms with Crippen molar-refractivity contribution in [1.82, 2.24) is 41.7 Å². The Hall–Kier alpha value is -4.05. The molecule has 3 aliphatic rings. The van der Waals surface area contributed by atoms with Crippen LogP contribution in [0.15, 0.2) is 0 Å². The molecular weight excluding hydrogens is 765 g/mol. The van der Waals surface area contributed by atoms with E-state index in [9.17, 15) is 48.6 Å². The molecule has 0 aromatic heterocycles. The maximum atomic E-state index is 13.7. The van der Waals surface area contributed by atoms with Crippen LogP contribution in [0.5, 0.6) is 0 Å². The number of unbranched alkanes of at least 4 members (excludes halogenated alkanes) is 2. The molecule has 0 bridgehead atoms. The minimum absolute atomic E-state index is 0.0956. The number of carbonyl (C=O) groups excluding carboxylic acids is 7. The molecule has 3 fully saturated rings. The van der Waals surface area contributed by atoms with Gasteiger partial charge in [-0.1, -0.05) is 0 Å². The number of nitrogens with zero attached hydrogens (tertiary/aromatic N) is 2. The van der Waals surface area contributed by atoms with E-state index in [1.807, 2.05) is 0 Å². The van der Waals surface area contributed by atoms with Crippen molar-refractivity contribution in [3.63, 3.8) is 0 Å². The third kappa shape index (κ3) is 13.8. The van der Waals surface area contributed by atoms with Gasteiger partial charge in [-0.15, -0.1) is 0 Å². The number of carbonyl (C=O) groups is 8. The molecule has 0 aromatic carbocycles. The zero-order chi connectivity index (χ0) is 42.2. The van der Waals surface area contributed by atoms with Crippen molar-refractivity contribution in [2.24, 2.45) is 11.5 Å². The smallest absolute Gasteiger partial charge is 0.326 e. The van der Waals surface area contributed by atoms with Crippen molar-refractivity contribution in [2.75, 3.05) is 38.5 Å². The van der Waals surface area contributed by atoms with Crippen LogP contribution in [0.3, 0.4) is 0 Å². The van der Waals surface area contributed by atoms with Crippen molar-refractivity contribution >= 4 is 59.9 Å². The van der Waals surface area contributed by atoms with Gasteiger partial charge in [-0.3, -0.25) is 33.6 Å². The lowest BCUT2D eigenvalue weighted by Crippen LogP contribution is -2.59. The zero-order valence-electron chi connectivity index (χ0n) is 32.9. The summed E-state index contributed by atoms with van der Waals surface area (Å²) in [5.74, 6) is -5.66. The van der Waals surface area contributed by atoms with Crippen LogP contribution in [0.4, 0.5) is 0 Å². The summed E-state index contributed by atoms with van der Waals surface area (Å²) in [7, 11) is 0. The predicted molar refractivity (Wildman–Crippen MR) is 210 cm³/mol. The molecule has 0 saturated carbocycles. The number of carboxylic acid groups (broad SMARTS) is 1. The van der Waals surface area contributed by atoms with Gasteiger partial charge in [0.2, 0.25) is 41.4 Å². The van der Waals surface area contributed by atoms with Gasteiger partial charge in [-0.05, 0) is 97.7 Å². The molecule has 21 heteroatoms. The first-order valence-corrected chi connectivity index (χ1v) is 20.5. The molecule has 0 spiro atoms. The van der Waals surface area contributed by atoms with Gasteiger partial charge in [0.25, 0.3) is 0 Å². The van der Waals surface area contributed by atoms with Gasteiger partial charge < -0.3 is 63.4 Å². The summed E-state index contributed by atoms with van der Waals surface area (Å²) in [5, 5.41) is 36.1. The summed E-state index contributed by atoms with van der Waals surface area (Å²) in [6, 6.07) is -8.18. The fourth-order valence-electron chi connectivity index (χ4n) is 7.28. The van der Waals surface area contributed by atoms with Gasteiger partial charge in [0, 0.05) is 25.3 Å². The van der Waals surface area contributed by atoms with E-state index in [0.29, 0.717) is 64.6 Å². The number of aliphatic hydroxyl groups excluding tert-OH is 1. The summed E-state index contributed by atoms with van der Waals surface area (Å²) < 4.78 is 0. The number of hydrogen-bond acceptors (Lipinski definition) is 13. The van der Waals surface area contributed by atoms with Crippen LogP contribution >= 0.6 is 12.6 Å². The maximum absolute atomic E-state index is 13.7. The van der Waals surface area contributed by atoms with E-state index in [-0.39, 0.29) is 44.0 Å². The summed E-state index contributed by atoms with van der Waals surface area (Å²) in [6.07, 6.45) is 3.49. The molecule has 20 nitrogen and oxygen atoms in total. The van der Waals surface area contributed by atoms with E-state index in [0.717, 1.165) is 6.42 Å². The first-order valence-electron chi connectivity index (χ1n) is 19.9. The van der Waals surface area contributed by atoms with Crippen molar-refractivity contribution in [3.05, 3.63) is 0 Å². The topological polar surface area (TPSA) is 308 Å². The highest BCUT2D eigenvalue weighted by Crippen LogP contribution is 2.21. The van der Waals surface area contributed by atoms with Crippen LogP contribution in [-0.4, -0.2) is 160 Å². The first kappa shape index (κ1) is 47.3. The van der Waals surface area contributed by atoms with E-state index in [1.54, 1.807) is 0 Å². The molecule has 0 aromatic rings. The highest BCUT2D eigenvalue weighted by molar-refractivity contribution is 7.80. The minimum atomic E-state index is -1.25. The lowest BCUT2D eigenvalue weighted by molar-refractivity contribution is -0.145. The lowest BCUT2D eigenvalue weighted by atomic mass is 10.1. The predicted octanol–water partition coefficient (Wildman–Crippen LogP) is -3.57. The van der Waals surface area contributed by atoms with Gasteiger partial charge in [0.15, 0.2) is 0 Å². The number of nitrogens with one attached hydrogen (secondary N) is 6. The Labute approximate surface area is 338 Å². The molecule has 0 radical (unpaired) electrons. The molecule has 0 unspecified atom stereocenters. The van der Waals surface area contributed by atoms with Crippen LogP contribution in [0.1, 0.15) is 84.5 Å². The lowest BCUT2D eigenvalue weighted by Gasteiger charge is -2.30. The van der Waals surface area contributed by atoms with Crippen molar-refractivity contribution in [3.8, 4) is 0 Å². The molecule has 3 rings (SSSR count). The number of hydrogen-bond donors (Lipinski definition) is 11.